The van der Waals surface area contributed by atoms with Gasteiger partial charge in [-0.15, -0.1) is 10.2 Å². The van der Waals surface area contributed by atoms with Crippen molar-refractivity contribution < 1.29 is 14.3 Å². The number of amides is 1. The SMILES string of the molecule is CCC(=O)N[C@@H](c1nnc2n1CCN(Cc1ccc3c(c1)OCO3)CC2)C(C)C. The third-order valence-electron chi connectivity index (χ3n) is 5.57. The van der Waals surface area contributed by atoms with Crippen LogP contribution in [0.4, 0.5) is 0 Å². The molecule has 2 aliphatic rings. The van der Waals surface area contributed by atoms with Gasteiger partial charge in [0.15, 0.2) is 17.3 Å². The van der Waals surface area contributed by atoms with E-state index in [1.54, 1.807) is 0 Å². The molecule has 1 atom stereocenters. The van der Waals surface area contributed by atoms with Crippen molar-refractivity contribution in [3.8, 4) is 11.5 Å². The Kier molecular flexibility index (Phi) is 5.71. The summed E-state index contributed by atoms with van der Waals surface area (Å²) in [6, 6.07) is 6.02. The number of carbonyl (C=O) groups excluding carboxylic acids is 1. The molecule has 8 nitrogen and oxygen atoms in total. The molecule has 3 heterocycles. The summed E-state index contributed by atoms with van der Waals surface area (Å²) in [7, 11) is 0. The van der Waals surface area contributed by atoms with Crippen LogP contribution in [0.1, 0.15) is 50.4 Å². The third-order valence-corrected chi connectivity index (χ3v) is 5.57. The highest BCUT2D eigenvalue weighted by Crippen LogP contribution is 2.33. The Balaban J connectivity index is 1.46. The molecule has 156 valence electrons. The van der Waals surface area contributed by atoms with E-state index in [1.807, 2.05) is 13.0 Å². The highest BCUT2D eigenvalue weighted by atomic mass is 16.7. The summed E-state index contributed by atoms with van der Waals surface area (Å²) in [4.78, 5) is 14.4. The first-order valence-corrected chi connectivity index (χ1v) is 10.4. The fraction of sp³-hybridized carbons (Fsp3) is 0.571. The number of ether oxygens (including phenoxy) is 2. The van der Waals surface area contributed by atoms with Crippen molar-refractivity contribution in [2.24, 2.45) is 5.92 Å². The molecule has 29 heavy (non-hydrogen) atoms. The van der Waals surface area contributed by atoms with Crippen LogP contribution in [-0.2, 0) is 24.3 Å². The molecule has 0 saturated heterocycles. The normalized spacial score (nSPS) is 17.1. The minimum Gasteiger partial charge on any atom is -0.454 e. The molecule has 8 heteroatoms. The molecular formula is C21H29N5O3. The second-order valence-electron chi connectivity index (χ2n) is 7.98. The lowest BCUT2D eigenvalue weighted by atomic mass is 10.0. The van der Waals surface area contributed by atoms with E-state index < -0.39 is 0 Å². The van der Waals surface area contributed by atoms with Crippen molar-refractivity contribution in [1.82, 2.24) is 25.0 Å². The molecule has 0 saturated carbocycles. The van der Waals surface area contributed by atoms with Gasteiger partial charge in [0.25, 0.3) is 0 Å². The number of fused-ring (bicyclic) bond motifs is 2. The second-order valence-corrected chi connectivity index (χ2v) is 7.98. The van der Waals surface area contributed by atoms with E-state index >= 15 is 0 Å². The van der Waals surface area contributed by atoms with E-state index in [4.69, 9.17) is 9.47 Å². The molecule has 0 spiro atoms. The number of nitrogens with one attached hydrogen (secondary N) is 1. The van der Waals surface area contributed by atoms with Crippen LogP contribution in [0.5, 0.6) is 11.5 Å². The van der Waals surface area contributed by atoms with Crippen molar-refractivity contribution in [2.45, 2.75) is 52.7 Å². The Morgan fingerprint density at radius 3 is 2.79 bits per heavy atom. The first-order valence-electron chi connectivity index (χ1n) is 10.4. The maximum Gasteiger partial charge on any atom is 0.231 e. The number of aromatic nitrogens is 3. The van der Waals surface area contributed by atoms with E-state index in [9.17, 15) is 4.79 Å². The molecule has 1 aromatic carbocycles. The van der Waals surface area contributed by atoms with Gasteiger partial charge in [-0.05, 0) is 23.6 Å². The van der Waals surface area contributed by atoms with Crippen molar-refractivity contribution in [2.75, 3.05) is 19.9 Å². The zero-order chi connectivity index (χ0) is 20.4. The zero-order valence-electron chi connectivity index (χ0n) is 17.4. The lowest BCUT2D eigenvalue weighted by Gasteiger charge is -2.23. The average Bonchev–Trinajstić information content (AvgIpc) is 3.29. The summed E-state index contributed by atoms with van der Waals surface area (Å²) >= 11 is 0. The molecule has 0 bridgehead atoms. The summed E-state index contributed by atoms with van der Waals surface area (Å²) in [6.45, 7) is 9.85. The summed E-state index contributed by atoms with van der Waals surface area (Å²) in [5, 5.41) is 12.0. The van der Waals surface area contributed by atoms with Crippen molar-refractivity contribution >= 4 is 5.91 Å². The van der Waals surface area contributed by atoms with Crippen LogP contribution in [0.3, 0.4) is 0 Å². The van der Waals surface area contributed by atoms with Crippen LogP contribution in [0.25, 0.3) is 0 Å². The van der Waals surface area contributed by atoms with E-state index in [0.29, 0.717) is 13.2 Å². The molecule has 2 aromatic rings. The van der Waals surface area contributed by atoms with Gasteiger partial charge in [0.1, 0.15) is 5.82 Å². The first-order chi connectivity index (χ1) is 14.0. The Morgan fingerprint density at radius 1 is 1.17 bits per heavy atom. The highest BCUT2D eigenvalue weighted by Gasteiger charge is 2.27. The molecule has 1 amide bonds. The third kappa shape index (κ3) is 4.22. The predicted octanol–water partition coefficient (Wildman–Crippen LogP) is 2.29. The fourth-order valence-corrected chi connectivity index (χ4v) is 3.88. The zero-order valence-corrected chi connectivity index (χ0v) is 17.4. The van der Waals surface area contributed by atoms with Crippen LogP contribution in [0.2, 0.25) is 0 Å². The summed E-state index contributed by atoms with van der Waals surface area (Å²) < 4.78 is 13.1. The van der Waals surface area contributed by atoms with E-state index in [0.717, 1.165) is 55.7 Å². The van der Waals surface area contributed by atoms with Gasteiger partial charge in [-0.2, -0.15) is 0 Å². The van der Waals surface area contributed by atoms with Gasteiger partial charge < -0.3 is 19.4 Å². The van der Waals surface area contributed by atoms with Gasteiger partial charge in [-0.25, -0.2) is 0 Å². The number of hydrogen-bond acceptors (Lipinski definition) is 6. The molecule has 1 N–H and O–H groups in total. The summed E-state index contributed by atoms with van der Waals surface area (Å²) in [6.07, 6.45) is 1.30. The maximum absolute atomic E-state index is 12.0. The van der Waals surface area contributed by atoms with Crippen LogP contribution in [-0.4, -0.2) is 45.5 Å². The monoisotopic (exact) mass is 399 g/mol. The Labute approximate surface area is 171 Å². The molecule has 1 aromatic heterocycles. The lowest BCUT2D eigenvalue weighted by molar-refractivity contribution is -0.121. The molecule has 0 fully saturated rings. The average molecular weight is 399 g/mol. The van der Waals surface area contributed by atoms with E-state index in [1.165, 1.54) is 5.56 Å². The van der Waals surface area contributed by atoms with Gasteiger partial charge in [0.05, 0.1) is 6.04 Å². The molecule has 0 aliphatic carbocycles. The van der Waals surface area contributed by atoms with Gasteiger partial charge in [0.2, 0.25) is 12.7 Å². The highest BCUT2D eigenvalue weighted by molar-refractivity contribution is 5.75. The first kappa shape index (κ1) is 19.7. The quantitative estimate of drug-likeness (QED) is 0.803. The largest absolute Gasteiger partial charge is 0.454 e. The predicted molar refractivity (Wildman–Crippen MR) is 108 cm³/mol. The molecule has 0 radical (unpaired) electrons. The van der Waals surface area contributed by atoms with Gasteiger partial charge in [-0.3, -0.25) is 9.69 Å². The van der Waals surface area contributed by atoms with Crippen molar-refractivity contribution in [1.29, 1.82) is 0 Å². The maximum atomic E-state index is 12.0. The smallest absolute Gasteiger partial charge is 0.231 e. The minimum absolute atomic E-state index is 0.0408. The second kappa shape index (κ2) is 8.41. The number of benzene rings is 1. The Bertz CT molecular complexity index is 879. The molecular weight excluding hydrogens is 370 g/mol. The van der Waals surface area contributed by atoms with Gasteiger partial charge in [0, 0.05) is 39.0 Å². The van der Waals surface area contributed by atoms with Crippen LogP contribution >= 0.6 is 0 Å². The Hall–Kier alpha value is -2.61. The van der Waals surface area contributed by atoms with Crippen LogP contribution in [0, 0.1) is 5.92 Å². The van der Waals surface area contributed by atoms with E-state index in [-0.39, 0.29) is 17.9 Å². The lowest BCUT2D eigenvalue weighted by Crippen LogP contribution is -2.34. The van der Waals surface area contributed by atoms with Gasteiger partial charge in [-0.1, -0.05) is 26.8 Å². The standard InChI is InChI=1S/C21H29N5O3/c1-4-19(27)22-20(14(2)3)21-24-23-18-7-8-25(9-10-26(18)21)12-15-5-6-16-17(11-15)29-13-28-16/h5-6,11,14,20H,4,7-10,12-13H2,1-3H3,(H,22,27)/t20-/m1/s1. The number of hydrogen-bond donors (Lipinski definition) is 1. The topological polar surface area (TPSA) is 81.5 Å². The molecule has 2 aliphatic heterocycles. The van der Waals surface area contributed by atoms with E-state index in [2.05, 4.69) is 51.0 Å². The van der Waals surface area contributed by atoms with Crippen molar-refractivity contribution in [3.63, 3.8) is 0 Å². The van der Waals surface area contributed by atoms with Gasteiger partial charge >= 0.3 is 0 Å². The number of nitrogens with zero attached hydrogens (tertiary/aromatic N) is 4. The molecule has 0 unspecified atom stereocenters. The minimum atomic E-state index is -0.121. The number of carbonyl (C=O) groups is 1. The number of rotatable bonds is 6. The summed E-state index contributed by atoms with van der Waals surface area (Å²) in [5.41, 5.74) is 1.21. The van der Waals surface area contributed by atoms with Crippen LogP contribution < -0.4 is 14.8 Å². The van der Waals surface area contributed by atoms with Crippen molar-refractivity contribution in [3.05, 3.63) is 35.4 Å². The van der Waals surface area contributed by atoms with Crippen LogP contribution in [0.15, 0.2) is 18.2 Å². The molecule has 4 rings (SSSR count). The fourth-order valence-electron chi connectivity index (χ4n) is 3.88. The summed E-state index contributed by atoms with van der Waals surface area (Å²) in [5.74, 6) is 3.77. The Morgan fingerprint density at radius 2 is 2.00 bits per heavy atom.